The molecule has 0 aliphatic heterocycles. The minimum Gasteiger partial charge on any atom is -0.478 e. The van der Waals surface area contributed by atoms with E-state index in [9.17, 15) is 4.79 Å². The van der Waals surface area contributed by atoms with Gasteiger partial charge in [0.1, 0.15) is 0 Å². The van der Waals surface area contributed by atoms with Gasteiger partial charge in [0.2, 0.25) is 0 Å². The van der Waals surface area contributed by atoms with Gasteiger partial charge in [-0.05, 0) is 29.5 Å². The van der Waals surface area contributed by atoms with Gasteiger partial charge >= 0.3 is 5.97 Å². The molecule has 0 aliphatic rings. The Hall–Kier alpha value is -1.57. The monoisotopic (exact) mass is 204 g/mol. The van der Waals surface area contributed by atoms with Crippen LogP contribution in [0.1, 0.15) is 37.3 Å². The smallest absolute Gasteiger partial charge is 0.328 e. The van der Waals surface area contributed by atoms with Gasteiger partial charge in [0, 0.05) is 6.08 Å². The van der Waals surface area contributed by atoms with Crippen LogP contribution in [0.2, 0.25) is 0 Å². The molecule has 1 rings (SSSR count). The van der Waals surface area contributed by atoms with Crippen molar-refractivity contribution in [2.24, 2.45) is 0 Å². The zero-order valence-corrected chi connectivity index (χ0v) is 9.10. The Morgan fingerprint density at radius 3 is 2.47 bits per heavy atom. The van der Waals surface area contributed by atoms with Crippen molar-refractivity contribution < 1.29 is 9.90 Å². The topological polar surface area (TPSA) is 37.3 Å². The van der Waals surface area contributed by atoms with Crippen molar-refractivity contribution >= 4 is 12.0 Å². The van der Waals surface area contributed by atoms with Gasteiger partial charge in [-0.15, -0.1) is 0 Å². The molecule has 1 aromatic carbocycles. The van der Waals surface area contributed by atoms with Crippen LogP contribution in [0.3, 0.4) is 0 Å². The minimum absolute atomic E-state index is 0.558. The lowest BCUT2D eigenvalue weighted by molar-refractivity contribution is -0.131. The van der Waals surface area contributed by atoms with Crippen LogP contribution in [0.25, 0.3) is 6.08 Å². The average Bonchev–Trinajstić information content (AvgIpc) is 2.26. The Balaban J connectivity index is 2.76. The van der Waals surface area contributed by atoms with Crippen molar-refractivity contribution in [3.05, 3.63) is 41.5 Å². The van der Waals surface area contributed by atoms with E-state index in [-0.39, 0.29) is 0 Å². The lowest BCUT2D eigenvalue weighted by atomic mass is 9.97. The predicted octanol–water partition coefficient (Wildman–Crippen LogP) is 3.30. The zero-order chi connectivity index (χ0) is 11.3. The van der Waals surface area contributed by atoms with Crippen molar-refractivity contribution in [2.45, 2.75) is 26.2 Å². The number of carboxylic acid groups (broad SMARTS) is 1. The average molecular weight is 204 g/mol. The number of hydrogen-bond donors (Lipinski definition) is 1. The molecule has 1 N–H and O–H groups in total. The summed E-state index contributed by atoms with van der Waals surface area (Å²) in [5.74, 6) is -0.358. The SMILES string of the molecule is CCC(C)c1ccc(C=CC(=O)O)cc1. The third-order valence-corrected chi connectivity index (χ3v) is 2.54. The van der Waals surface area contributed by atoms with Crippen LogP contribution in [-0.2, 0) is 4.79 Å². The highest BCUT2D eigenvalue weighted by Gasteiger charge is 2.01. The summed E-state index contributed by atoms with van der Waals surface area (Å²) >= 11 is 0. The molecule has 0 amide bonds. The van der Waals surface area contributed by atoms with Gasteiger partial charge in [-0.1, -0.05) is 38.1 Å². The Bertz CT molecular complexity index is 349. The van der Waals surface area contributed by atoms with Crippen LogP contribution in [0.5, 0.6) is 0 Å². The molecule has 80 valence electrons. The van der Waals surface area contributed by atoms with Crippen molar-refractivity contribution in [1.82, 2.24) is 0 Å². The van der Waals surface area contributed by atoms with Gasteiger partial charge < -0.3 is 5.11 Å². The standard InChI is InChI=1S/C13H16O2/c1-3-10(2)12-7-4-11(5-8-12)6-9-13(14)15/h4-10H,3H2,1-2H3,(H,14,15). The first-order chi connectivity index (χ1) is 7.13. The van der Waals surface area contributed by atoms with Crippen molar-refractivity contribution in [2.75, 3.05) is 0 Å². The Morgan fingerprint density at radius 2 is 2.00 bits per heavy atom. The normalized spacial score (nSPS) is 12.9. The Kier molecular flexibility index (Phi) is 4.10. The second-order valence-corrected chi connectivity index (χ2v) is 3.65. The van der Waals surface area contributed by atoms with Crippen LogP contribution in [-0.4, -0.2) is 11.1 Å². The van der Waals surface area contributed by atoms with E-state index in [4.69, 9.17) is 5.11 Å². The minimum atomic E-state index is -0.916. The van der Waals surface area contributed by atoms with Gasteiger partial charge in [0.25, 0.3) is 0 Å². The van der Waals surface area contributed by atoms with E-state index in [1.54, 1.807) is 6.08 Å². The lowest BCUT2D eigenvalue weighted by Crippen LogP contribution is -1.90. The number of carboxylic acids is 1. The fourth-order valence-electron chi connectivity index (χ4n) is 1.34. The first-order valence-electron chi connectivity index (χ1n) is 5.14. The van der Waals surface area contributed by atoms with E-state index in [1.165, 1.54) is 5.56 Å². The van der Waals surface area contributed by atoms with E-state index in [0.717, 1.165) is 18.1 Å². The lowest BCUT2D eigenvalue weighted by Gasteiger charge is -2.08. The fourth-order valence-corrected chi connectivity index (χ4v) is 1.34. The third kappa shape index (κ3) is 3.58. The van der Waals surface area contributed by atoms with Crippen LogP contribution in [0.15, 0.2) is 30.3 Å². The molecule has 0 saturated carbocycles. The summed E-state index contributed by atoms with van der Waals surface area (Å²) in [6, 6.07) is 7.99. The number of rotatable bonds is 4. The van der Waals surface area contributed by atoms with Crippen molar-refractivity contribution in [1.29, 1.82) is 0 Å². The molecule has 0 saturated heterocycles. The summed E-state index contributed by atoms with van der Waals surface area (Å²) in [6.07, 6.45) is 3.87. The van der Waals surface area contributed by atoms with Crippen LogP contribution >= 0.6 is 0 Å². The van der Waals surface area contributed by atoms with E-state index in [0.29, 0.717) is 5.92 Å². The molecule has 15 heavy (non-hydrogen) atoms. The first kappa shape index (κ1) is 11.5. The first-order valence-corrected chi connectivity index (χ1v) is 5.14. The molecule has 1 atom stereocenters. The molecular weight excluding hydrogens is 188 g/mol. The molecule has 0 heterocycles. The van der Waals surface area contributed by atoms with Gasteiger partial charge in [0.15, 0.2) is 0 Å². The van der Waals surface area contributed by atoms with Crippen LogP contribution in [0, 0.1) is 0 Å². The molecule has 0 aliphatic carbocycles. The van der Waals surface area contributed by atoms with Gasteiger partial charge in [-0.3, -0.25) is 0 Å². The number of hydrogen-bond acceptors (Lipinski definition) is 1. The van der Waals surface area contributed by atoms with E-state index in [2.05, 4.69) is 26.0 Å². The molecule has 0 bridgehead atoms. The quantitative estimate of drug-likeness (QED) is 0.764. The summed E-state index contributed by atoms with van der Waals surface area (Å²) in [6.45, 7) is 4.34. The third-order valence-electron chi connectivity index (χ3n) is 2.54. The molecule has 0 radical (unpaired) electrons. The van der Waals surface area contributed by atoms with Crippen molar-refractivity contribution in [3.63, 3.8) is 0 Å². The molecule has 0 aromatic heterocycles. The summed E-state index contributed by atoms with van der Waals surface area (Å²) in [5, 5.41) is 8.47. The van der Waals surface area contributed by atoms with Crippen LogP contribution in [0.4, 0.5) is 0 Å². The number of carbonyl (C=O) groups is 1. The van der Waals surface area contributed by atoms with Gasteiger partial charge in [-0.2, -0.15) is 0 Å². The maximum atomic E-state index is 10.3. The Labute approximate surface area is 90.3 Å². The molecule has 1 unspecified atom stereocenters. The predicted molar refractivity (Wildman–Crippen MR) is 61.8 cm³/mol. The summed E-state index contributed by atoms with van der Waals surface area (Å²) < 4.78 is 0. The second kappa shape index (κ2) is 5.35. The van der Waals surface area contributed by atoms with Crippen LogP contribution < -0.4 is 0 Å². The number of benzene rings is 1. The highest BCUT2D eigenvalue weighted by atomic mass is 16.4. The van der Waals surface area contributed by atoms with E-state index >= 15 is 0 Å². The largest absolute Gasteiger partial charge is 0.478 e. The van der Waals surface area contributed by atoms with E-state index < -0.39 is 5.97 Å². The second-order valence-electron chi connectivity index (χ2n) is 3.65. The molecule has 2 heteroatoms. The molecule has 0 spiro atoms. The highest BCUT2D eigenvalue weighted by molar-refractivity contribution is 5.85. The molecular formula is C13H16O2. The number of aliphatic carboxylic acids is 1. The summed E-state index contributed by atoms with van der Waals surface area (Å²) in [5.41, 5.74) is 2.22. The summed E-state index contributed by atoms with van der Waals surface area (Å²) in [4.78, 5) is 10.3. The van der Waals surface area contributed by atoms with Gasteiger partial charge in [0.05, 0.1) is 0 Å². The maximum Gasteiger partial charge on any atom is 0.328 e. The fraction of sp³-hybridized carbons (Fsp3) is 0.308. The Morgan fingerprint density at radius 1 is 1.40 bits per heavy atom. The van der Waals surface area contributed by atoms with Gasteiger partial charge in [-0.25, -0.2) is 4.79 Å². The van der Waals surface area contributed by atoms with Crippen molar-refractivity contribution in [3.8, 4) is 0 Å². The summed E-state index contributed by atoms with van der Waals surface area (Å²) in [7, 11) is 0. The zero-order valence-electron chi connectivity index (χ0n) is 9.10. The molecule has 1 aromatic rings. The molecule has 0 fully saturated rings. The van der Waals surface area contributed by atoms with E-state index in [1.807, 2.05) is 12.1 Å². The maximum absolute atomic E-state index is 10.3. The highest BCUT2D eigenvalue weighted by Crippen LogP contribution is 2.19. The molecule has 2 nitrogen and oxygen atoms in total.